The number of aromatic nitrogens is 1. The summed E-state index contributed by atoms with van der Waals surface area (Å²) in [5.74, 6) is 0.861. The first-order valence-electron chi connectivity index (χ1n) is 7.28. The number of anilines is 1. The van der Waals surface area contributed by atoms with Gasteiger partial charge in [0.1, 0.15) is 5.75 Å². The Bertz CT molecular complexity index is 642. The molecule has 0 fully saturated rings. The van der Waals surface area contributed by atoms with Gasteiger partial charge in [0.05, 0.1) is 19.3 Å². The molecule has 0 amide bonds. The van der Waals surface area contributed by atoms with Crippen molar-refractivity contribution in [3.63, 3.8) is 0 Å². The molecule has 1 atom stereocenters. The molecule has 3 rings (SSSR count). The summed E-state index contributed by atoms with van der Waals surface area (Å²) in [4.78, 5) is 6.96. The normalized spacial score (nSPS) is 17.5. The van der Waals surface area contributed by atoms with Crippen LogP contribution in [0.4, 0.5) is 5.69 Å². The Kier molecular flexibility index (Phi) is 3.80. The highest BCUT2D eigenvalue weighted by Gasteiger charge is 2.22. The third kappa shape index (κ3) is 2.85. The van der Waals surface area contributed by atoms with Crippen LogP contribution in [0.25, 0.3) is 0 Å². The largest absolute Gasteiger partial charge is 0.497 e. The van der Waals surface area contributed by atoms with Crippen LogP contribution >= 0.6 is 0 Å². The van der Waals surface area contributed by atoms with Crippen LogP contribution in [0.3, 0.4) is 0 Å². The van der Waals surface area contributed by atoms with Crippen molar-refractivity contribution in [1.29, 1.82) is 0 Å². The first-order valence-corrected chi connectivity index (χ1v) is 7.28. The predicted octanol–water partition coefficient (Wildman–Crippen LogP) is 2.81. The summed E-state index contributed by atoms with van der Waals surface area (Å²) < 4.78 is 5.33. The van der Waals surface area contributed by atoms with Crippen LogP contribution in [0.2, 0.25) is 0 Å². The summed E-state index contributed by atoms with van der Waals surface area (Å²) in [7, 11) is 1.69. The number of ether oxygens (including phenoxy) is 1. The van der Waals surface area contributed by atoms with E-state index in [9.17, 15) is 0 Å². The Morgan fingerprint density at radius 1 is 1.33 bits per heavy atom. The van der Waals surface area contributed by atoms with Gasteiger partial charge < -0.3 is 15.4 Å². The molecule has 4 nitrogen and oxygen atoms in total. The molecular formula is C17H21N3O. The van der Waals surface area contributed by atoms with Crippen LogP contribution in [0, 0.1) is 6.92 Å². The van der Waals surface area contributed by atoms with Gasteiger partial charge in [0.25, 0.3) is 0 Å². The summed E-state index contributed by atoms with van der Waals surface area (Å²) in [5.41, 5.74) is 10.7. The van der Waals surface area contributed by atoms with E-state index in [0.717, 1.165) is 36.6 Å². The minimum atomic E-state index is 0.137. The number of pyridine rings is 1. The number of para-hydroxylation sites is 1. The smallest absolute Gasteiger partial charge is 0.122 e. The van der Waals surface area contributed by atoms with Crippen LogP contribution in [-0.2, 0) is 6.54 Å². The molecule has 2 N–H and O–H groups in total. The lowest BCUT2D eigenvalue weighted by Crippen LogP contribution is -2.33. The zero-order valence-electron chi connectivity index (χ0n) is 12.5. The Morgan fingerprint density at radius 3 is 2.95 bits per heavy atom. The number of aryl methyl sites for hydroxylation is 1. The van der Waals surface area contributed by atoms with Crippen molar-refractivity contribution < 1.29 is 4.74 Å². The van der Waals surface area contributed by atoms with Gasteiger partial charge in [-0.25, -0.2) is 0 Å². The van der Waals surface area contributed by atoms with Crippen molar-refractivity contribution in [3.8, 4) is 5.75 Å². The zero-order chi connectivity index (χ0) is 14.8. The van der Waals surface area contributed by atoms with E-state index in [1.54, 1.807) is 7.11 Å². The molecular weight excluding hydrogens is 262 g/mol. The summed E-state index contributed by atoms with van der Waals surface area (Å²) in [6.45, 7) is 3.73. The molecule has 0 saturated carbocycles. The first kappa shape index (κ1) is 13.9. The summed E-state index contributed by atoms with van der Waals surface area (Å²) in [5, 5.41) is 0. The number of fused-ring (bicyclic) bond motifs is 1. The van der Waals surface area contributed by atoms with Crippen molar-refractivity contribution in [2.24, 2.45) is 5.73 Å². The first-order chi connectivity index (χ1) is 10.2. The average molecular weight is 283 g/mol. The minimum Gasteiger partial charge on any atom is -0.497 e. The molecule has 2 aromatic rings. The lowest BCUT2D eigenvalue weighted by atomic mass is 9.97. The number of hydrogen-bond acceptors (Lipinski definition) is 4. The third-order valence-electron chi connectivity index (χ3n) is 3.96. The van der Waals surface area contributed by atoms with Gasteiger partial charge in [0, 0.05) is 36.1 Å². The molecule has 1 aromatic heterocycles. The molecule has 0 saturated heterocycles. The molecule has 0 aliphatic carbocycles. The minimum absolute atomic E-state index is 0.137. The van der Waals surface area contributed by atoms with Gasteiger partial charge in [-0.1, -0.05) is 18.2 Å². The number of benzene rings is 1. The van der Waals surface area contributed by atoms with E-state index in [-0.39, 0.29) is 6.04 Å². The van der Waals surface area contributed by atoms with E-state index in [0.29, 0.717) is 0 Å². The molecule has 0 bridgehead atoms. The van der Waals surface area contributed by atoms with E-state index >= 15 is 0 Å². The summed E-state index contributed by atoms with van der Waals surface area (Å²) >= 11 is 0. The van der Waals surface area contributed by atoms with Gasteiger partial charge in [-0.05, 0) is 25.0 Å². The average Bonchev–Trinajstić information content (AvgIpc) is 2.50. The van der Waals surface area contributed by atoms with Crippen LogP contribution < -0.4 is 15.4 Å². The molecule has 0 radical (unpaired) electrons. The molecule has 1 aliphatic rings. The topological polar surface area (TPSA) is 51.4 Å². The monoisotopic (exact) mass is 283 g/mol. The molecule has 0 spiro atoms. The van der Waals surface area contributed by atoms with Gasteiger partial charge in [-0.3, -0.25) is 4.98 Å². The Morgan fingerprint density at radius 2 is 2.14 bits per heavy atom. The van der Waals surface area contributed by atoms with Gasteiger partial charge in [0.2, 0.25) is 0 Å². The Hall–Kier alpha value is -2.07. The van der Waals surface area contributed by atoms with Crippen LogP contribution in [-0.4, -0.2) is 18.6 Å². The van der Waals surface area contributed by atoms with Crippen molar-refractivity contribution in [2.75, 3.05) is 18.6 Å². The van der Waals surface area contributed by atoms with Crippen LogP contribution in [0.15, 0.2) is 36.4 Å². The highest BCUT2D eigenvalue weighted by Crippen LogP contribution is 2.33. The SMILES string of the molecule is COc1cc(C)nc(CN2CCC(N)c3ccccc32)c1. The molecule has 4 heteroatoms. The fourth-order valence-corrected chi connectivity index (χ4v) is 2.92. The third-order valence-corrected chi connectivity index (χ3v) is 3.96. The zero-order valence-corrected chi connectivity index (χ0v) is 12.5. The van der Waals surface area contributed by atoms with E-state index < -0.39 is 0 Å². The maximum absolute atomic E-state index is 6.21. The lowest BCUT2D eigenvalue weighted by molar-refractivity contribution is 0.413. The Labute approximate surface area is 125 Å². The Balaban J connectivity index is 1.89. The van der Waals surface area contributed by atoms with Crippen molar-refractivity contribution >= 4 is 5.69 Å². The maximum atomic E-state index is 6.21. The maximum Gasteiger partial charge on any atom is 0.122 e. The van der Waals surface area contributed by atoms with Crippen LogP contribution in [0.5, 0.6) is 5.75 Å². The fourth-order valence-electron chi connectivity index (χ4n) is 2.92. The van der Waals surface area contributed by atoms with Crippen molar-refractivity contribution in [1.82, 2.24) is 4.98 Å². The fraction of sp³-hybridized carbons (Fsp3) is 0.353. The second-order valence-corrected chi connectivity index (χ2v) is 5.52. The molecule has 1 aromatic carbocycles. The highest BCUT2D eigenvalue weighted by atomic mass is 16.5. The summed E-state index contributed by atoms with van der Waals surface area (Å²) in [6.07, 6.45) is 0.972. The molecule has 110 valence electrons. The van der Waals surface area contributed by atoms with Gasteiger partial charge in [0.15, 0.2) is 0 Å². The number of nitrogens with zero attached hydrogens (tertiary/aromatic N) is 2. The predicted molar refractivity (Wildman–Crippen MR) is 84.6 cm³/mol. The second kappa shape index (κ2) is 5.74. The summed E-state index contributed by atoms with van der Waals surface area (Å²) in [6, 6.07) is 12.5. The molecule has 1 unspecified atom stereocenters. The number of nitrogens with two attached hydrogens (primary N) is 1. The quantitative estimate of drug-likeness (QED) is 0.941. The number of rotatable bonds is 3. The van der Waals surface area contributed by atoms with E-state index in [4.69, 9.17) is 10.5 Å². The highest BCUT2D eigenvalue weighted by molar-refractivity contribution is 5.57. The second-order valence-electron chi connectivity index (χ2n) is 5.52. The van der Waals surface area contributed by atoms with Crippen molar-refractivity contribution in [2.45, 2.75) is 25.9 Å². The van der Waals surface area contributed by atoms with E-state index in [2.05, 4.69) is 34.1 Å². The number of hydrogen-bond donors (Lipinski definition) is 1. The van der Waals surface area contributed by atoms with E-state index in [1.165, 1.54) is 11.3 Å². The standard InChI is InChI=1S/C17H21N3O/c1-12-9-14(21-2)10-13(19-12)11-20-8-7-16(18)15-5-3-4-6-17(15)20/h3-6,9-10,16H,7-8,11,18H2,1-2H3. The van der Waals surface area contributed by atoms with Gasteiger partial charge >= 0.3 is 0 Å². The molecule has 2 heterocycles. The van der Waals surface area contributed by atoms with Crippen LogP contribution in [0.1, 0.15) is 29.4 Å². The van der Waals surface area contributed by atoms with Gasteiger partial charge in [-0.15, -0.1) is 0 Å². The molecule has 21 heavy (non-hydrogen) atoms. The molecule has 1 aliphatic heterocycles. The van der Waals surface area contributed by atoms with Gasteiger partial charge in [-0.2, -0.15) is 0 Å². The lowest BCUT2D eigenvalue weighted by Gasteiger charge is -2.34. The van der Waals surface area contributed by atoms with E-state index in [1.807, 2.05) is 19.1 Å². The van der Waals surface area contributed by atoms with Crippen molar-refractivity contribution in [3.05, 3.63) is 53.3 Å². The number of methoxy groups -OCH3 is 1.